The van der Waals surface area contributed by atoms with E-state index in [1.165, 1.54) is 0 Å². The van der Waals surface area contributed by atoms with E-state index in [1.54, 1.807) is 0 Å². The maximum absolute atomic E-state index is 12.1. The van der Waals surface area contributed by atoms with Crippen molar-refractivity contribution >= 4 is 6.09 Å². The summed E-state index contributed by atoms with van der Waals surface area (Å²) in [5, 5.41) is 3.39. The maximum atomic E-state index is 12.1. The van der Waals surface area contributed by atoms with Crippen LogP contribution in [0, 0.1) is 0 Å². The standard InChI is InChI=1S/C15H20N2O2/c18-14(19-11-13-5-2-1-3-6-13)17-10-8-15(17)7-4-9-16-12-15/h1-3,5-6,16H,4,7-12H2/t15-/m1/s1. The van der Waals surface area contributed by atoms with Crippen molar-refractivity contribution in [2.45, 2.75) is 31.4 Å². The zero-order chi connectivity index (χ0) is 13.1. The zero-order valence-corrected chi connectivity index (χ0v) is 11.1. The van der Waals surface area contributed by atoms with Crippen LogP contribution in [0.3, 0.4) is 0 Å². The van der Waals surface area contributed by atoms with Gasteiger partial charge in [0.2, 0.25) is 0 Å². The quantitative estimate of drug-likeness (QED) is 0.886. The van der Waals surface area contributed by atoms with Crippen molar-refractivity contribution in [1.29, 1.82) is 0 Å². The molecule has 102 valence electrons. The van der Waals surface area contributed by atoms with Crippen LogP contribution in [0.1, 0.15) is 24.8 Å². The Morgan fingerprint density at radius 2 is 2.16 bits per heavy atom. The highest BCUT2D eigenvalue weighted by Gasteiger charge is 2.48. The van der Waals surface area contributed by atoms with Crippen molar-refractivity contribution in [1.82, 2.24) is 10.2 Å². The smallest absolute Gasteiger partial charge is 0.410 e. The molecule has 2 heterocycles. The van der Waals surface area contributed by atoms with Gasteiger partial charge >= 0.3 is 6.09 Å². The summed E-state index contributed by atoms with van der Waals surface area (Å²) >= 11 is 0. The maximum Gasteiger partial charge on any atom is 0.410 e. The molecular weight excluding hydrogens is 240 g/mol. The molecule has 0 aliphatic carbocycles. The predicted octanol–water partition coefficient (Wildman–Crippen LogP) is 2.15. The fraction of sp³-hybridized carbons (Fsp3) is 0.533. The highest BCUT2D eigenvalue weighted by atomic mass is 16.6. The lowest BCUT2D eigenvalue weighted by Gasteiger charge is -2.54. The van der Waals surface area contributed by atoms with E-state index in [-0.39, 0.29) is 11.6 Å². The number of carbonyl (C=O) groups is 1. The van der Waals surface area contributed by atoms with Crippen molar-refractivity contribution in [3.05, 3.63) is 35.9 Å². The van der Waals surface area contributed by atoms with E-state index in [0.29, 0.717) is 6.61 Å². The summed E-state index contributed by atoms with van der Waals surface area (Å²) in [7, 11) is 0. The van der Waals surface area contributed by atoms with Crippen LogP contribution in [0.15, 0.2) is 30.3 Å². The molecule has 0 saturated carbocycles. The lowest BCUT2D eigenvalue weighted by molar-refractivity contribution is -0.0298. The Labute approximate surface area is 113 Å². The first kappa shape index (κ1) is 12.5. The highest BCUT2D eigenvalue weighted by molar-refractivity contribution is 5.70. The van der Waals surface area contributed by atoms with E-state index in [1.807, 2.05) is 35.2 Å². The molecule has 2 saturated heterocycles. The molecule has 1 atom stereocenters. The Bertz CT molecular complexity index is 441. The lowest BCUT2D eigenvalue weighted by Crippen LogP contribution is -2.68. The van der Waals surface area contributed by atoms with Crippen molar-refractivity contribution in [3.8, 4) is 0 Å². The second-order valence-electron chi connectivity index (χ2n) is 5.45. The summed E-state index contributed by atoms with van der Waals surface area (Å²) in [5.74, 6) is 0. The third-order valence-corrected chi connectivity index (χ3v) is 4.25. The molecule has 1 aromatic rings. The fourth-order valence-corrected chi connectivity index (χ4v) is 3.02. The first-order chi connectivity index (χ1) is 9.30. The number of nitrogens with one attached hydrogen (secondary N) is 1. The van der Waals surface area contributed by atoms with Gasteiger partial charge < -0.3 is 15.0 Å². The number of piperidine rings is 1. The van der Waals surface area contributed by atoms with Crippen LogP contribution in [0.25, 0.3) is 0 Å². The van der Waals surface area contributed by atoms with Gasteiger partial charge in [0, 0.05) is 13.1 Å². The summed E-state index contributed by atoms with van der Waals surface area (Å²) in [6.45, 7) is 3.16. The van der Waals surface area contributed by atoms with Gasteiger partial charge in [0.1, 0.15) is 6.61 Å². The van der Waals surface area contributed by atoms with Crippen molar-refractivity contribution < 1.29 is 9.53 Å². The molecule has 4 heteroatoms. The largest absolute Gasteiger partial charge is 0.445 e. The summed E-state index contributed by atoms with van der Waals surface area (Å²) in [6, 6.07) is 9.82. The van der Waals surface area contributed by atoms with Gasteiger partial charge in [-0.3, -0.25) is 0 Å². The average Bonchev–Trinajstić information content (AvgIpc) is 2.46. The molecule has 0 radical (unpaired) electrons. The number of ether oxygens (including phenoxy) is 1. The second-order valence-corrected chi connectivity index (χ2v) is 5.45. The molecule has 2 fully saturated rings. The zero-order valence-electron chi connectivity index (χ0n) is 11.1. The van der Waals surface area contributed by atoms with Crippen LogP contribution in [0.4, 0.5) is 4.79 Å². The molecule has 1 spiro atoms. The first-order valence-electron chi connectivity index (χ1n) is 6.99. The molecule has 3 rings (SSSR count). The Kier molecular flexibility index (Phi) is 3.42. The van der Waals surface area contributed by atoms with E-state index in [9.17, 15) is 4.79 Å². The Morgan fingerprint density at radius 3 is 2.79 bits per heavy atom. The van der Waals surface area contributed by atoms with Gasteiger partial charge in [-0.2, -0.15) is 0 Å². The molecule has 1 N–H and O–H groups in total. The predicted molar refractivity (Wildman–Crippen MR) is 72.8 cm³/mol. The second kappa shape index (κ2) is 5.21. The van der Waals surface area contributed by atoms with Gasteiger partial charge in [0.15, 0.2) is 0 Å². The number of rotatable bonds is 2. The molecule has 19 heavy (non-hydrogen) atoms. The number of benzene rings is 1. The van der Waals surface area contributed by atoms with Crippen LogP contribution >= 0.6 is 0 Å². The van der Waals surface area contributed by atoms with Gasteiger partial charge in [-0.05, 0) is 31.4 Å². The minimum absolute atomic E-state index is 0.0338. The Balaban J connectivity index is 1.56. The van der Waals surface area contributed by atoms with E-state index in [0.717, 1.165) is 44.5 Å². The van der Waals surface area contributed by atoms with Crippen LogP contribution in [-0.4, -0.2) is 36.2 Å². The van der Waals surface area contributed by atoms with Gasteiger partial charge in [0.05, 0.1) is 5.54 Å². The third-order valence-electron chi connectivity index (χ3n) is 4.25. The number of nitrogens with zero attached hydrogens (tertiary/aromatic N) is 1. The van der Waals surface area contributed by atoms with Crippen LogP contribution in [0.2, 0.25) is 0 Å². The van der Waals surface area contributed by atoms with E-state index in [4.69, 9.17) is 4.74 Å². The monoisotopic (exact) mass is 260 g/mol. The molecular formula is C15H20N2O2. The number of hydrogen-bond acceptors (Lipinski definition) is 3. The Hall–Kier alpha value is -1.55. The lowest BCUT2D eigenvalue weighted by atomic mass is 9.79. The number of carbonyl (C=O) groups excluding carboxylic acids is 1. The Morgan fingerprint density at radius 1 is 1.32 bits per heavy atom. The average molecular weight is 260 g/mol. The molecule has 2 aliphatic rings. The summed E-state index contributed by atoms with van der Waals surface area (Å²) in [5.41, 5.74) is 1.07. The van der Waals surface area contributed by atoms with Gasteiger partial charge in [-0.15, -0.1) is 0 Å². The van der Waals surface area contributed by atoms with Crippen LogP contribution in [0.5, 0.6) is 0 Å². The van der Waals surface area contributed by atoms with Gasteiger partial charge in [-0.25, -0.2) is 4.79 Å². The van der Waals surface area contributed by atoms with E-state index >= 15 is 0 Å². The molecule has 1 aromatic carbocycles. The summed E-state index contributed by atoms with van der Waals surface area (Å²) in [4.78, 5) is 14.1. The van der Waals surface area contributed by atoms with Gasteiger partial charge in [-0.1, -0.05) is 30.3 Å². The highest BCUT2D eigenvalue weighted by Crippen LogP contribution is 2.36. The molecule has 1 amide bonds. The number of amides is 1. The minimum Gasteiger partial charge on any atom is -0.445 e. The molecule has 0 unspecified atom stereocenters. The third kappa shape index (κ3) is 2.45. The summed E-state index contributed by atoms with van der Waals surface area (Å²) < 4.78 is 5.42. The van der Waals surface area contributed by atoms with Crippen molar-refractivity contribution in [2.75, 3.05) is 19.6 Å². The van der Waals surface area contributed by atoms with Crippen LogP contribution in [-0.2, 0) is 11.3 Å². The summed E-state index contributed by atoms with van der Waals surface area (Å²) in [6.07, 6.45) is 3.17. The molecule has 0 aromatic heterocycles. The van der Waals surface area contributed by atoms with Crippen LogP contribution < -0.4 is 5.32 Å². The van der Waals surface area contributed by atoms with E-state index < -0.39 is 0 Å². The normalized spacial score (nSPS) is 26.0. The van der Waals surface area contributed by atoms with E-state index in [2.05, 4.69) is 5.32 Å². The number of hydrogen-bond donors (Lipinski definition) is 1. The topological polar surface area (TPSA) is 41.6 Å². The van der Waals surface area contributed by atoms with Crippen molar-refractivity contribution in [2.24, 2.45) is 0 Å². The van der Waals surface area contributed by atoms with Gasteiger partial charge in [0.25, 0.3) is 0 Å². The minimum atomic E-state index is -0.168. The SMILES string of the molecule is O=C(OCc1ccccc1)N1CC[C@@]12CCCNC2. The number of likely N-dealkylation sites (tertiary alicyclic amines) is 1. The first-order valence-corrected chi connectivity index (χ1v) is 6.99. The molecule has 4 nitrogen and oxygen atoms in total. The van der Waals surface area contributed by atoms with Crippen molar-refractivity contribution in [3.63, 3.8) is 0 Å². The molecule has 2 aliphatic heterocycles. The molecule has 0 bridgehead atoms. The fourth-order valence-electron chi connectivity index (χ4n) is 3.02.